The Morgan fingerprint density at radius 1 is 1.07 bits per heavy atom. The summed E-state index contributed by atoms with van der Waals surface area (Å²) in [7, 11) is -3.93. The quantitative estimate of drug-likeness (QED) is 0.356. The van der Waals surface area contributed by atoms with Gasteiger partial charge in [0, 0.05) is 43.0 Å². The Labute approximate surface area is 236 Å². The molecule has 2 saturated heterocycles. The fourth-order valence-electron chi connectivity index (χ4n) is 5.39. The van der Waals surface area contributed by atoms with E-state index in [1.54, 1.807) is 12.1 Å². The van der Waals surface area contributed by atoms with E-state index >= 15 is 0 Å². The molecule has 2 aliphatic heterocycles. The van der Waals surface area contributed by atoms with E-state index in [2.05, 4.69) is 21.3 Å². The summed E-state index contributed by atoms with van der Waals surface area (Å²) in [5, 5.41) is 2.93. The van der Waals surface area contributed by atoms with Crippen molar-refractivity contribution in [2.75, 3.05) is 31.1 Å². The third kappa shape index (κ3) is 5.71. The number of nitrogens with zero attached hydrogens (tertiary/aromatic N) is 2. The van der Waals surface area contributed by atoms with Gasteiger partial charge in [0.15, 0.2) is 0 Å². The van der Waals surface area contributed by atoms with Crippen molar-refractivity contribution in [1.29, 1.82) is 0 Å². The standard InChI is InChI=1S/C31H37N3O5S/c1-21-6-12-28(13-7-21)40(36,37)39-20-26-18-32-30(35)31(26,4)23(3)25-10-8-24(9-11-25)19-38-29-17-27(16-22(2)33-29)34-14-5-15-34/h6-13,16-17,23,26H,5,14-15,18-20H2,1-4H3,(H,32,35)/t23-,26-,31-/m1/s1. The summed E-state index contributed by atoms with van der Waals surface area (Å²) in [5.74, 6) is 0.0274. The first-order chi connectivity index (χ1) is 19.1. The van der Waals surface area contributed by atoms with Gasteiger partial charge in [0.1, 0.15) is 6.61 Å². The molecular weight excluding hydrogens is 526 g/mol. The average molecular weight is 564 g/mol. The number of nitrogens with one attached hydrogen (secondary N) is 1. The maximum Gasteiger partial charge on any atom is 0.296 e. The highest BCUT2D eigenvalue weighted by molar-refractivity contribution is 7.86. The molecule has 2 aromatic carbocycles. The molecule has 212 valence electrons. The van der Waals surface area contributed by atoms with Crippen LogP contribution in [-0.4, -0.2) is 45.6 Å². The maximum absolute atomic E-state index is 13.1. The van der Waals surface area contributed by atoms with E-state index in [4.69, 9.17) is 8.92 Å². The Balaban J connectivity index is 1.24. The molecule has 0 radical (unpaired) electrons. The molecule has 2 aliphatic rings. The van der Waals surface area contributed by atoms with Crippen molar-refractivity contribution in [3.05, 3.63) is 83.0 Å². The lowest BCUT2D eigenvalue weighted by atomic mass is 9.68. The van der Waals surface area contributed by atoms with Crippen molar-refractivity contribution in [2.24, 2.45) is 11.3 Å². The van der Waals surface area contributed by atoms with Crippen LogP contribution in [0.3, 0.4) is 0 Å². The summed E-state index contributed by atoms with van der Waals surface area (Å²) in [6.45, 7) is 10.6. The molecule has 40 heavy (non-hydrogen) atoms. The van der Waals surface area contributed by atoms with Crippen LogP contribution in [0.5, 0.6) is 5.88 Å². The fourth-order valence-corrected chi connectivity index (χ4v) is 6.34. The predicted octanol–water partition coefficient (Wildman–Crippen LogP) is 4.75. The highest BCUT2D eigenvalue weighted by Gasteiger charge is 2.51. The van der Waals surface area contributed by atoms with Gasteiger partial charge in [-0.2, -0.15) is 8.42 Å². The summed E-state index contributed by atoms with van der Waals surface area (Å²) in [4.78, 5) is 20.0. The van der Waals surface area contributed by atoms with Crippen LogP contribution in [0.15, 0.2) is 65.6 Å². The van der Waals surface area contributed by atoms with Crippen LogP contribution >= 0.6 is 0 Å². The second-order valence-electron chi connectivity index (χ2n) is 11.1. The molecule has 9 heteroatoms. The molecule has 0 bridgehead atoms. The Bertz CT molecular complexity index is 1470. The van der Waals surface area contributed by atoms with E-state index in [9.17, 15) is 13.2 Å². The van der Waals surface area contributed by atoms with Gasteiger partial charge in [-0.1, -0.05) is 48.9 Å². The van der Waals surface area contributed by atoms with Gasteiger partial charge in [-0.3, -0.25) is 8.98 Å². The van der Waals surface area contributed by atoms with Crippen molar-refractivity contribution in [3.63, 3.8) is 0 Å². The molecule has 5 rings (SSSR count). The number of hydrogen-bond acceptors (Lipinski definition) is 7. The molecule has 3 aromatic rings. The van der Waals surface area contributed by atoms with Crippen LogP contribution in [0, 0.1) is 25.2 Å². The normalized spacial score (nSPS) is 21.6. The number of pyridine rings is 1. The highest BCUT2D eigenvalue weighted by atomic mass is 32.2. The van der Waals surface area contributed by atoms with Crippen molar-refractivity contribution in [3.8, 4) is 5.88 Å². The van der Waals surface area contributed by atoms with Crippen LogP contribution in [0.4, 0.5) is 5.69 Å². The minimum Gasteiger partial charge on any atom is -0.473 e. The monoisotopic (exact) mass is 563 g/mol. The molecule has 1 N–H and O–H groups in total. The van der Waals surface area contributed by atoms with Crippen molar-refractivity contribution in [1.82, 2.24) is 10.3 Å². The zero-order chi connectivity index (χ0) is 28.5. The van der Waals surface area contributed by atoms with Gasteiger partial charge in [0.2, 0.25) is 11.8 Å². The van der Waals surface area contributed by atoms with Gasteiger partial charge < -0.3 is 15.0 Å². The fraction of sp³-hybridized carbons (Fsp3) is 0.419. The topological polar surface area (TPSA) is 97.8 Å². The molecular formula is C31H37N3O5S. The van der Waals surface area contributed by atoms with Crippen LogP contribution in [-0.2, 0) is 25.7 Å². The first-order valence-corrected chi connectivity index (χ1v) is 15.2. The second kappa shape index (κ2) is 11.2. The van der Waals surface area contributed by atoms with Gasteiger partial charge in [-0.25, -0.2) is 4.98 Å². The van der Waals surface area contributed by atoms with Gasteiger partial charge in [0.05, 0.1) is 16.9 Å². The molecule has 2 fully saturated rings. The summed E-state index contributed by atoms with van der Waals surface area (Å²) in [6.07, 6.45) is 1.21. The van der Waals surface area contributed by atoms with Crippen LogP contribution in [0.2, 0.25) is 0 Å². The number of hydrogen-bond donors (Lipinski definition) is 1. The molecule has 0 aliphatic carbocycles. The van der Waals surface area contributed by atoms with Crippen molar-refractivity contribution in [2.45, 2.75) is 51.5 Å². The summed E-state index contributed by atoms with van der Waals surface area (Å²) in [5.41, 5.74) is 4.19. The number of carbonyl (C=O) groups excluding carboxylic acids is 1. The lowest BCUT2D eigenvalue weighted by Crippen LogP contribution is -2.39. The van der Waals surface area contributed by atoms with Crippen molar-refractivity contribution >= 4 is 21.7 Å². The van der Waals surface area contributed by atoms with Crippen LogP contribution < -0.4 is 15.0 Å². The average Bonchev–Trinajstić information content (AvgIpc) is 3.19. The van der Waals surface area contributed by atoms with Gasteiger partial charge in [0.25, 0.3) is 10.1 Å². The largest absolute Gasteiger partial charge is 0.473 e. The maximum atomic E-state index is 13.1. The van der Waals surface area contributed by atoms with E-state index in [-0.39, 0.29) is 29.2 Å². The summed E-state index contributed by atoms with van der Waals surface area (Å²) in [6, 6.07) is 18.6. The Morgan fingerprint density at radius 3 is 2.42 bits per heavy atom. The minimum atomic E-state index is -3.93. The van der Waals surface area contributed by atoms with E-state index in [1.165, 1.54) is 18.6 Å². The van der Waals surface area contributed by atoms with E-state index in [0.717, 1.165) is 41.2 Å². The lowest BCUT2D eigenvalue weighted by molar-refractivity contribution is -0.129. The Kier molecular flexibility index (Phi) is 7.88. The zero-order valence-electron chi connectivity index (χ0n) is 23.5. The lowest BCUT2D eigenvalue weighted by Gasteiger charge is -2.34. The number of aromatic nitrogens is 1. The third-order valence-corrected chi connectivity index (χ3v) is 9.78. The van der Waals surface area contributed by atoms with Crippen LogP contribution in [0.25, 0.3) is 0 Å². The van der Waals surface area contributed by atoms with Gasteiger partial charge in [-0.05, 0) is 62.4 Å². The molecule has 1 aromatic heterocycles. The zero-order valence-corrected chi connectivity index (χ0v) is 24.3. The summed E-state index contributed by atoms with van der Waals surface area (Å²) < 4.78 is 37.0. The SMILES string of the molecule is Cc1ccc(S(=O)(=O)OC[C@H]2CNC(=O)[C@]2(C)[C@H](C)c2ccc(COc3cc(N4CCC4)cc(C)n3)cc2)cc1. The predicted molar refractivity (Wildman–Crippen MR) is 154 cm³/mol. The smallest absolute Gasteiger partial charge is 0.296 e. The van der Waals surface area contributed by atoms with E-state index < -0.39 is 15.5 Å². The van der Waals surface area contributed by atoms with Crippen LogP contribution in [0.1, 0.15) is 48.6 Å². The third-order valence-electron chi connectivity index (χ3n) is 8.48. The first kappa shape index (κ1) is 28.1. The number of ether oxygens (including phenoxy) is 1. The van der Waals surface area contributed by atoms with Gasteiger partial charge in [-0.15, -0.1) is 0 Å². The van der Waals surface area contributed by atoms with Gasteiger partial charge >= 0.3 is 0 Å². The molecule has 3 atom stereocenters. The number of amides is 1. The second-order valence-corrected chi connectivity index (χ2v) is 12.8. The first-order valence-electron chi connectivity index (χ1n) is 13.8. The molecule has 3 heterocycles. The Hall–Kier alpha value is -3.43. The number of anilines is 1. The van der Waals surface area contributed by atoms with Crippen molar-refractivity contribution < 1.29 is 22.1 Å². The molecule has 0 saturated carbocycles. The number of rotatable bonds is 10. The van der Waals surface area contributed by atoms with E-state index in [1.807, 2.05) is 58.0 Å². The summed E-state index contributed by atoms with van der Waals surface area (Å²) >= 11 is 0. The number of carbonyl (C=O) groups is 1. The number of benzene rings is 2. The molecule has 1 amide bonds. The number of aryl methyl sites for hydroxylation is 2. The molecule has 8 nitrogen and oxygen atoms in total. The highest BCUT2D eigenvalue weighted by Crippen LogP contribution is 2.45. The Morgan fingerprint density at radius 2 is 1.77 bits per heavy atom. The molecule has 0 unspecified atom stereocenters. The molecule has 0 spiro atoms. The minimum absolute atomic E-state index is 0.0787. The van der Waals surface area contributed by atoms with E-state index in [0.29, 0.717) is 19.0 Å².